The van der Waals surface area contributed by atoms with E-state index in [0.717, 1.165) is 19.0 Å². The zero-order valence-electron chi connectivity index (χ0n) is 9.47. The van der Waals surface area contributed by atoms with Gasteiger partial charge in [0.2, 0.25) is 9.84 Å². The zero-order chi connectivity index (χ0) is 13.2. The molecule has 0 aliphatic carbocycles. The maximum Gasteiger partial charge on any atom is 0.341 e. The highest BCUT2D eigenvalue weighted by Crippen LogP contribution is 2.29. The van der Waals surface area contributed by atoms with E-state index >= 15 is 0 Å². The van der Waals surface area contributed by atoms with Crippen LogP contribution in [0.15, 0.2) is 29.2 Å². The Balaban J connectivity index is 2.31. The van der Waals surface area contributed by atoms with Crippen LogP contribution in [0.1, 0.15) is 6.42 Å². The first kappa shape index (κ1) is 13.2. The van der Waals surface area contributed by atoms with E-state index < -0.39 is 20.5 Å². The SMILES string of the molecule is O=S(=O)(c1ccccc1OC1CCNC1)C(F)F. The fraction of sp³-hybridized carbons (Fsp3) is 0.455. The quantitative estimate of drug-likeness (QED) is 0.904. The molecule has 1 aromatic rings. The molecule has 1 fully saturated rings. The van der Waals surface area contributed by atoms with Gasteiger partial charge < -0.3 is 10.1 Å². The highest BCUT2D eigenvalue weighted by atomic mass is 32.2. The van der Waals surface area contributed by atoms with E-state index in [1.54, 1.807) is 6.07 Å². The third kappa shape index (κ3) is 2.62. The molecule has 0 saturated carbocycles. The second-order valence-electron chi connectivity index (χ2n) is 3.99. The number of benzene rings is 1. The maximum atomic E-state index is 12.5. The van der Waals surface area contributed by atoms with Gasteiger partial charge in [-0.1, -0.05) is 12.1 Å². The molecule has 0 radical (unpaired) electrons. The summed E-state index contributed by atoms with van der Waals surface area (Å²) in [5, 5.41) is 3.05. The van der Waals surface area contributed by atoms with Gasteiger partial charge in [-0.3, -0.25) is 0 Å². The number of hydrogen-bond acceptors (Lipinski definition) is 4. The number of halogens is 2. The molecule has 100 valence electrons. The topological polar surface area (TPSA) is 55.4 Å². The first-order valence-corrected chi connectivity index (χ1v) is 7.05. The van der Waals surface area contributed by atoms with Crippen molar-refractivity contribution in [3.63, 3.8) is 0 Å². The van der Waals surface area contributed by atoms with Gasteiger partial charge >= 0.3 is 5.76 Å². The van der Waals surface area contributed by atoms with E-state index in [-0.39, 0.29) is 11.9 Å². The molecule has 2 rings (SSSR count). The molecule has 0 amide bonds. The summed E-state index contributed by atoms with van der Waals surface area (Å²) in [6.07, 6.45) is 0.544. The minimum absolute atomic E-state index is 0.00787. The number of para-hydroxylation sites is 1. The minimum Gasteiger partial charge on any atom is -0.488 e. The van der Waals surface area contributed by atoms with Crippen molar-refractivity contribution in [3.05, 3.63) is 24.3 Å². The number of alkyl halides is 2. The molecule has 0 spiro atoms. The predicted molar refractivity (Wildman–Crippen MR) is 61.5 cm³/mol. The highest BCUT2D eigenvalue weighted by molar-refractivity contribution is 7.91. The summed E-state index contributed by atoms with van der Waals surface area (Å²) < 4.78 is 53.5. The molecular formula is C11H13F2NO3S. The fourth-order valence-electron chi connectivity index (χ4n) is 1.79. The third-order valence-electron chi connectivity index (χ3n) is 2.70. The lowest BCUT2D eigenvalue weighted by molar-refractivity contribution is 0.213. The van der Waals surface area contributed by atoms with Crippen LogP contribution in [0.25, 0.3) is 0 Å². The number of ether oxygens (including phenoxy) is 1. The van der Waals surface area contributed by atoms with Gasteiger partial charge in [0.25, 0.3) is 0 Å². The molecule has 18 heavy (non-hydrogen) atoms. The van der Waals surface area contributed by atoms with E-state index in [4.69, 9.17) is 4.74 Å². The van der Waals surface area contributed by atoms with Crippen LogP contribution in [0.5, 0.6) is 5.75 Å². The number of nitrogens with one attached hydrogen (secondary N) is 1. The second kappa shape index (κ2) is 5.19. The molecule has 1 unspecified atom stereocenters. The van der Waals surface area contributed by atoms with Crippen molar-refractivity contribution in [2.75, 3.05) is 13.1 Å². The molecular weight excluding hydrogens is 264 g/mol. The van der Waals surface area contributed by atoms with Gasteiger partial charge in [0.15, 0.2) is 0 Å². The Morgan fingerprint density at radius 2 is 2.06 bits per heavy atom. The van der Waals surface area contributed by atoms with Crippen molar-refractivity contribution in [2.45, 2.75) is 23.2 Å². The zero-order valence-corrected chi connectivity index (χ0v) is 10.3. The summed E-state index contributed by atoms with van der Waals surface area (Å²) in [7, 11) is -4.63. The van der Waals surface area contributed by atoms with Crippen LogP contribution in [0, 0.1) is 0 Å². The van der Waals surface area contributed by atoms with E-state index in [1.807, 2.05) is 0 Å². The van der Waals surface area contributed by atoms with E-state index in [1.165, 1.54) is 12.1 Å². The van der Waals surface area contributed by atoms with E-state index in [0.29, 0.717) is 6.54 Å². The summed E-state index contributed by atoms with van der Waals surface area (Å²) in [6.45, 7) is 1.36. The van der Waals surface area contributed by atoms with Gasteiger partial charge in [-0.2, -0.15) is 8.78 Å². The van der Waals surface area contributed by atoms with Gasteiger partial charge in [0.1, 0.15) is 16.7 Å². The van der Waals surface area contributed by atoms with Crippen LogP contribution in [0.4, 0.5) is 8.78 Å². The van der Waals surface area contributed by atoms with Gasteiger partial charge in [0, 0.05) is 6.54 Å². The molecule has 7 heteroatoms. The van der Waals surface area contributed by atoms with Crippen LogP contribution in [-0.4, -0.2) is 33.4 Å². The summed E-state index contributed by atoms with van der Waals surface area (Å²) >= 11 is 0. The monoisotopic (exact) mass is 277 g/mol. The normalized spacial score (nSPS) is 20.3. The van der Waals surface area contributed by atoms with Crippen LogP contribution >= 0.6 is 0 Å². The smallest absolute Gasteiger partial charge is 0.341 e. The largest absolute Gasteiger partial charge is 0.488 e. The Hall–Kier alpha value is -1.21. The average molecular weight is 277 g/mol. The molecule has 1 aliphatic heterocycles. The predicted octanol–water partition coefficient (Wildman–Crippen LogP) is 1.42. The number of sulfone groups is 1. The average Bonchev–Trinajstić information content (AvgIpc) is 2.82. The lowest BCUT2D eigenvalue weighted by Crippen LogP contribution is -2.21. The Bertz CT molecular complexity index is 513. The molecule has 1 N–H and O–H groups in total. The lowest BCUT2D eigenvalue weighted by atomic mass is 10.3. The summed E-state index contributed by atoms with van der Waals surface area (Å²) in [5.41, 5.74) is 0. The molecule has 0 aromatic heterocycles. The van der Waals surface area contributed by atoms with Crippen molar-refractivity contribution < 1.29 is 21.9 Å². The minimum atomic E-state index is -4.63. The second-order valence-corrected chi connectivity index (χ2v) is 5.87. The van der Waals surface area contributed by atoms with Crippen molar-refractivity contribution in [2.24, 2.45) is 0 Å². The molecule has 1 aliphatic rings. The molecule has 1 heterocycles. The first-order valence-electron chi connectivity index (χ1n) is 5.50. The lowest BCUT2D eigenvalue weighted by Gasteiger charge is -2.15. The fourth-order valence-corrected chi connectivity index (χ4v) is 2.64. The van der Waals surface area contributed by atoms with Gasteiger partial charge in [0.05, 0.1) is 0 Å². The summed E-state index contributed by atoms with van der Waals surface area (Å²) in [5.74, 6) is -3.45. The van der Waals surface area contributed by atoms with E-state index in [2.05, 4.69) is 5.32 Å². The third-order valence-corrected chi connectivity index (χ3v) is 4.12. The molecule has 1 atom stereocenters. The van der Waals surface area contributed by atoms with Crippen LogP contribution in [-0.2, 0) is 9.84 Å². The molecule has 1 aromatic carbocycles. The Kier molecular flexibility index (Phi) is 3.82. The Labute approximate surface area is 104 Å². The standard InChI is InChI=1S/C11H13F2NO3S/c12-11(13)18(15,16)10-4-2-1-3-9(10)17-8-5-6-14-7-8/h1-4,8,11,14H,5-7H2. The summed E-state index contributed by atoms with van der Waals surface area (Å²) in [6, 6.07) is 5.49. The first-order chi connectivity index (χ1) is 8.51. The summed E-state index contributed by atoms with van der Waals surface area (Å²) in [4.78, 5) is -0.452. The number of rotatable bonds is 4. The van der Waals surface area contributed by atoms with Crippen molar-refractivity contribution in [3.8, 4) is 5.75 Å². The highest BCUT2D eigenvalue weighted by Gasteiger charge is 2.30. The van der Waals surface area contributed by atoms with Gasteiger partial charge in [-0.25, -0.2) is 8.42 Å². The Morgan fingerprint density at radius 1 is 1.33 bits per heavy atom. The van der Waals surface area contributed by atoms with Crippen molar-refractivity contribution in [1.82, 2.24) is 5.32 Å². The van der Waals surface area contributed by atoms with Crippen LogP contribution in [0.3, 0.4) is 0 Å². The maximum absolute atomic E-state index is 12.5. The van der Waals surface area contributed by atoms with Crippen LogP contribution < -0.4 is 10.1 Å². The van der Waals surface area contributed by atoms with E-state index in [9.17, 15) is 17.2 Å². The number of hydrogen-bond donors (Lipinski definition) is 1. The van der Waals surface area contributed by atoms with Gasteiger partial charge in [-0.05, 0) is 25.1 Å². The molecule has 1 saturated heterocycles. The van der Waals surface area contributed by atoms with Crippen molar-refractivity contribution in [1.29, 1.82) is 0 Å². The Morgan fingerprint density at radius 3 is 2.67 bits per heavy atom. The van der Waals surface area contributed by atoms with Crippen molar-refractivity contribution >= 4 is 9.84 Å². The van der Waals surface area contributed by atoms with Gasteiger partial charge in [-0.15, -0.1) is 0 Å². The van der Waals surface area contributed by atoms with Crippen LogP contribution in [0.2, 0.25) is 0 Å². The molecule has 0 bridgehead atoms. The molecule has 4 nitrogen and oxygen atoms in total.